The number of para-hydroxylation sites is 1. The summed E-state index contributed by atoms with van der Waals surface area (Å²) in [5.41, 5.74) is 4.72. The minimum Gasteiger partial charge on any atom is -0.353 e. The molecule has 2 N–H and O–H groups in total. The zero-order valence-corrected chi connectivity index (χ0v) is 24.3. The molecule has 0 radical (unpaired) electrons. The summed E-state index contributed by atoms with van der Waals surface area (Å²) in [7, 11) is -3.03. The van der Waals surface area contributed by atoms with Crippen molar-refractivity contribution in [3.63, 3.8) is 0 Å². The number of rotatable bonds is 8. The predicted octanol–water partition coefficient (Wildman–Crippen LogP) is 4.47. The van der Waals surface area contributed by atoms with Crippen LogP contribution in [0, 0.1) is 6.92 Å². The van der Waals surface area contributed by atoms with Gasteiger partial charge in [-0.3, -0.25) is 10.00 Å². The SMILES string of the molecule is Cc1cc(Nc2nc(-c3ccc(N4CC5CC(C4)N5Cc4ccc(CS(C)(=O)=O)cc4)nc3)nc3ccccc23)n[nH]1. The molecule has 11 heteroatoms. The van der Waals surface area contributed by atoms with Crippen molar-refractivity contribution in [2.75, 3.05) is 29.6 Å². The second-order valence-corrected chi connectivity index (χ2v) is 13.5. The van der Waals surface area contributed by atoms with Crippen LogP contribution in [0.3, 0.4) is 0 Å². The van der Waals surface area contributed by atoms with Gasteiger partial charge in [-0.2, -0.15) is 5.10 Å². The molecule has 6 heterocycles. The first-order valence-electron chi connectivity index (χ1n) is 14.1. The van der Waals surface area contributed by atoms with Gasteiger partial charge in [0.1, 0.15) is 11.6 Å². The number of piperidine rings is 1. The number of piperazine rings is 1. The molecular formula is C31H32N8O2S. The van der Waals surface area contributed by atoms with Crippen molar-refractivity contribution < 1.29 is 8.42 Å². The monoisotopic (exact) mass is 580 g/mol. The lowest BCUT2D eigenvalue weighted by atomic mass is 9.86. The van der Waals surface area contributed by atoms with E-state index in [1.54, 1.807) is 0 Å². The van der Waals surface area contributed by atoms with E-state index in [0.29, 0.717) is 29.5 Å². The average Bonchev–Trinajstić information content (AvgIpc) is 3.40. The Labute approximate surface area is 244 Å². The highest BCUT2D eigenvalue weighted by Gasteiger charge is 2.44. The molecule has 0 spiro atoms. The van der Waals surface area contributed by atoms with Crippen molar-refractivity contribution in [2.45, 2.75) is 37.7 Å². The van der Waals surface area contributed by atoms with Gasteiger partial charge in [0.25, 0.3) is 0 Å². The highest BCUT2D eigenvalue weighted by molar-refractivity contribution is 7.89. The van der Waals surface area contributed by atoms with E-state index in [0.717, 1.165) is 53.2 Å². The zero-order chi connectivity index (χ0) is 28.8. The van der Waals surface area contributed by atoms with Crippen LogP contribution in [0.25, 0.3) is 22.3 Å². The van der Waals surface area contributed by atoms with Crippen LogP contribution in [0.15, 0.2) is 72.9 Å². The van der Waals surface area contributed by atoms with E-state index in [9.17, 15) is 8.42 Å². The van der Waals surface area contributed by atoms with E-state index in [-0.39, 0.29) is 5.75 Å². The fourth-order valence-electron chi connectivity index (χ4n) is 6.00. The fourth-order valence-corrected chi connectivity index (χ4v) is 6.79. The number of nitrogens with one attached hydrogen (secondary N) is 2. The van der Waals surface area contributed by atoms with Gasteiger partial charge >= 0.3 is 0 Å². The molecule has 42 heavy (non-hydrogen) atoms. The van der Waals surface area contributed by atoms with Gasteiger partial charge in [0.15, 0.2) is 21.5 Å². The highest BCUT2D eigenvalue weighted by Crippen LogP contribution is 2.36. The first kappa shape index (κ1) is 26.5. The molecule has 3 fully saturated rings. The maximum atomic E-state index is 11.6. The van der Waals surface area contributed by atoms with Crippen LogP contribution in [0.5, 0.6) is 0 Å². The summed E-state index contributed by atoms with van der Waals surface area (Å²) in [5, 5.41) is 11.5. The third kappa shape index (κ3) is 5.45. The Bertz CT molecular complexity index is 1840. The molecule has 3 aliphatic rings. The first-order valence-corrected chi connectivity index (χ1v) is 16.1. The lowest BCUT2D eigenvalue weighted by Gasteiger charge is -2.56. The van der Waals surface area contributed by atoms with Crippen molar-refractivity contribution in [2.24, 2.45) is 0 Å². The summed E-state index contributed by atoms with van der Waals surface area (Å²) in [6, 6.07) is 22.9. The topological polar surface area (TPSA) is 120 Å². The quantitative estimate of drug-likeness (QED) is 0.274. The van der Waals surface area contributed by atoms with E-state index in [1.807, 2.05) is 61.7 Å². The van der Waals surface area contributed by atoms with Gasteiger partial charge in [0.2, 0.25) is 0 Å². The zero-order valence-electron chi connectivity index (χ0n) is 23.5. The summed E-state index contributed by atoms with van der Waals surface area (Å²) in [4.78, 5) is 19.4. The number of anilines is 3. The molecule has 0 amide bonds. The normalized spacial score (nSPS) is 18.7. The number of aromatic amines is 1. The standard InChI is InChI=1S/C31H32N8O2S/c1-20-13-28(37-36-20)34-31-26-5-3-4-6-27(26)33-30(35-31)23-11-12-29(32-15-23)38-17-24-14-25(18-38)39(24)16-21-7-9-22(10-8-21)19-42(2,40)41/h3-13,15,24-25H,14,16-19H2,1-2H3,(H2,33,34,35,36,37). The second kappa shape index (κ2) is 10.5. The van der Waals surface area contributed by atoms with Gasteiger partial charge < -0.3 is 10.2 Å². The lowest BCUT2D eigenvalue weighted by molar-refractivity contribution is -0.00868. The average molecular weight is 581 g/mol. The molecule has 8 rings (SSSR count). The molecule has 2 atom stereocenters. The van der Waals surface area contributed by atoms with E-state index >= 15 is 0 Å². The number of hydrogen-bond donors (Lipinski definition) is 2. The molecule has 3 aromatic heterocycles. The van der Waals surface area contributed by atoms with Crippen LogP contribution in [0.1, 0.15) is 23.2 Å². The van der Waals surface area contributed by atoms with E-state index in [4.69, 9.17) is 15.0 Å². The molecule has 2 aromatic carbocycles. The molecule has 3 aliphatic heterocycles. The van der Waals surface area contributed by atoms with Gasteiger partial charge in [-0.15, -0.1) is 0 Å². The first-order chi connectivity index (χ1) is 20.3. The number of pyridine rings is 1. The molecule has 214 valence electrons. The maximum Gasteiger partial charge on any atom is 0.163 e. The smallest absolute Gasteiger partial charge is 0.163 e. The molecule has 2 unspecified atom stereocenters. The molecular weight excluding hydrogens is 548 g/mol. The molecule has 10 nitrogen and oxygen atoms in total. The maximum absolute atomic E-state index is 11.6. The number of hydrogen-bond acceptors (Lipinski definition) is 9. The fraction of sp³-hybridized carbons (Fsp3) is 0.290. The summed E-state index contributed by atoms with van der Waals surface area (Å²) in [6.45, 7) is 4.70. The van der Waals surface area contributed by atoms with Crippen LogP contribution in [-0.4, -0.2) is 69.9 Å². The van der Waals surface area contributed by atoms with Crippen molar-refractivity contribution in [1.29, 1.82) is 0 Å². The minimum absolute atomic E-state index is 0.0822. The summed E-state index contributed by atoms with van der Waals surface area (Å²) in [5.74, 6) is 3.06. The van der Waals surface area contributed by atoms with Crippen LogP contribution < -0.4 is 10.2 Å². The lowest BCUT2D eigenvalue weighted by Crippen LogP contribution is -2.68. The number of aryl methyl sites for hydroxylation is 1. The van der Waals surface area contributed by atoms with E-state index < -0.39 is 9.84 Å². The largest absolute Gasteiger partial charge is 0.353 e. The van der Waals surface area contributed by atoms with Gasteiger partial charge in [0, 0.05) is 66.9 Å². The van der Waals surface area contributed by atoms with Crippen molar-refractivity contribution in [3.8, 4) is 11.4 Å². The molecule has 0 aliphatic carbocycles. The summed E-state index contributed by atoms with van der Waals surface area (Å²) < 4.78 is 23.2. The Kier molecular flexibility index (Phi) is 6.63. The van der Waals surface area contributed by atoms with Crippen LogP contribution >= 0.6 is 0 Å². The van der Waals surface area contributed by atoms with Gasteiger partial charge in [-0.25, -0.2) is 23.4 Å². The van der Waals surface area contributed by atoms with E-state index in [2.05, 4.69) is 43.5 Å². The predicted molar refractivity (Wildman–Crippen MR) is 164 cm³/mol. The molecule has 0 saturated carbocycles. The van der Waals surface area contributed by atoms with Gasteiger partial charge in [0.05, 0.1) is 11.3 Å². The van der Waals surface area contributed by atoms with Crippen LogP contribution in [0.4, 0.5) is 17.5 Å². The Hall–Kier alpha value is -4.35. The van der Waals surface area contributed by atoms with E-state index in [1.165, 1.54) is 18.2 Å². The molecule has 5 aromatic rings. The van der Waals surface area contributed by atoms with Crippen molar-refractivity contribution in [1.82, 2.24) is 30.0 Å². The number of aromatic nitrogens is 5. The van der Waals surface area contributed by atoms with Gasteiger partial charge in [-0.1, -0.05) is 36.4 Å². The Balaban J connectivity index is 1.04. The number of sulfone groups is 1. The minimum atomic E-state index is -3.03. The third-order valence-electron chi connectivity index (χ3n) is 8.05. The van der Waals surface area contributed by atoms with Crippen molar-refractivity contribution in [3.05, 3.63) is 89.7 Å². The Morgan fingerprint density at radius 3 is 2.43 bits per heavy atom. The number of H-pyrrole nitrogens is 1. The van der Waals surface area contributed by atoms with Crippen LogP contribution in [-0.2, 0) is 22.1 Å². The third-order valence-corrected chi connectivity index (χ3v) is 8.90. The Morgan fingerprint density at radius 2 is 1.74 bits per heavy atom. The Morgan fingerprint density at radius 1 is 0.976 bits per heavy atom. The van der Waals surface area contributed by atoms with Crippen molar-refractivity contribution >= 4 is 38.2 Å². The van der Waals surface area contributed by atoms with Crippen LogP contribution in [0.2, 0.25) is 0 Å². The molecule has 3 saturated heterocycles. The number of nitrogens with zero attached hydrogens (tertiary/aromatic N) is 6. The second-order valence-electron chi connectivity index (χ2n) is 11.4. The summed E-state index contributed by atoms with van der Waals surface area (Å²) >= 11 is 0. The number of fused-ring (bicyclic) bond motifs is 3. The summed E-state index contributed by atoms with van der Waals surface area (Å²) in [6.07, 6.45) is 4.32. The highest BCUT2D eigenvalue weighted by atomic mass is 32.2. The van der Waals surface area contributed by atoms with Gasteiger partial charge in [-0.05, 0) is 48.7 Å². The molecule has 2 bridgehead atoms. The number of benzene rings is 2.